The first-order chi connectivity index (χ1) is 26.7. The molecule has 0 aliphatic carbocycles. The first-order valence-corrected chi connectivity index (χ1v) is 20.2. The van der Waals surface area contributed by atoms with Crippen molar-refractivity contribution in [2.45, 2.75) is 91.3 Å². The number of benzene rings is 2. The van der Waals surface area contributed by atoms with Gasteiger partial charge in [-0.25, -0.2) is 14.1 Å². The highest BCUT2D eigenvalue weighted by atomic mass is 31.2. The van der Waals surface area contributed by atoms with Crippen LogP contribution in [0.25, 0.3) is 16.3 Å². The molecule has 0 radical (unpaired) electrons. The molecule has 1 unspecified atom stereocenters. The van der Waals surface area contributed by atoms with Crippen LogP contribution in [0.15, 0.2) is 60.9 Å². The minimum atomic E-state index is -4.57. The number of esters is 3. The van der Waals surface area contributed by atoms with E-state index >= 15 is 0 Å². The summed E-state index contributed by atoms with van der Waals surface area (Å²) in [6.07, 6.45) is -1.68. The lowest BCUT2D eigenvalue weighted by Gasteiger charge is -2.29. The van der Waals surface area contributed by atoms with Crippen molar-refractivity contribution in [2.75, 3.05) is 18.9 Å². The fourth-order valence-corrected chi connectivity index (χ4v) is 7.66. The van der Waals surface area contributed by atoms with Gasteiger partial charge in [0.25, 0.3) is 0 Å². The van der Waals surface area contributed by atoms with Crippen LogP contribution in [0.2, 0.25) is 0 Å². The average molecular weight is 793 g/mol. The van der Waals surface area contributed by atoms with Gasteiger partial charge in [0.15, 0.2) is 18.0 Å². The summed E-state index contributed by atoms with van der Waals surface area (Å²) in [5.41, 5.74) is 4.35. The first-order valence-electron chi connectivity index (χ1n) is 18.6. The van der Waals surface area contributed by atoms with Crippen LogP contribution in [0, 0.1) is 29.1 Å². The van der Waals surface area contributed by atoms with E-state index in [0.717, 1.165) is 18.2 Å². The van der Waals surface area contributed by atoms with Gasteiger partial charge in [-0.15, -0.1) is 0 Å². The number of hydrogen-bond donors (Lipinski definition) is 2. The summed E-state index contributed by atoms with van der Waals surface area (Å²) < 4.78 is 52.4. The molecule has 1 fully saturated rings. The molecule has 56 heavy (non-hydrogen) atoms. The molecule has 0 amide bonds. The SMILES string of the molecule is CCC(CC)COC(=O)[C@H](C)NP(=O)(OC[C@H]1O[C@@](C#N)(c2ccc3c(N)ncnn23)[C@H](OC(=O)C(C)C)[C@@H]1OC(=O)C(C)C)Oc1cccc2ccccc12. The van der Waals surface area contributed by atoms with Crippen molar-refractivity contribution >= 4 is 47.8 Å². The molecule has 3 heterocycles. The predicted octanol–water partition coefficient (Wildman–Crippen LogP) is 5.88. The van der Waals surface area contributed by atoms with Crippen LogP contribution in [-0.2, 0) is 48.0 Å². The van der Waals surface area contributed by atoms with E-state index in [1.54, 1.807) is 58.0 Å². The molecule has 1 aliphatic heterocycles. The van der Waals surface area contributed by atoms with Crippen LogP contribution in [-0.4, -0.2) is 70.1 Å². The van der Waals surface area contributed by atoms with Crippen LogP contribution >= 0.6 is 7.75 Å². The Balaban J connectivity index is 1.56. The average Bonchev–Trinajstić information content (AvgIpc) is 3.74. The minimum Gasteiger partial charge on any atom is -0.464 e. The van der Waals surface area contributed by atoms with Gasteiger partial charge in [0, 0.05) is 5.39 Å². The second-order valence-electron chi connectivity index (χ2n) is 14.3. The van der Waals surface area contributed by atoms with Gasteiger partial charge in [-0.1, -0.05) is 90.8 Å². The maximum atomic E-state index is 14.9. The van der Waals surface area contributed by atoms with Crippen molar-refractivity contribution in [3.63, 3.8) is 0 Å². The number of hydrogen-bond acceptors (Lipinski definition) is 14. The van der Waals surface area contributed by atoms with Gasteiger partial charge < -0.3 is 29.2 Å². The topological polar surface area (TPSA) is 216 Å². The minimum absolute atomic E-state index is 0.0842. The third-order valence-corrected chi connectivity index (χ3v) is 11.2. The molecule has 17 heteroatoms. The lowest BCUT2D eigenvalue weighted by atomic mass is 9.92. The standard InChI is InChI=1S/C39H49N6O10P/c1-8-26(9-2)19-50-38(48)25(7)44-56(49,55-30-16-12-14-27-13-10-11-15-28(27)30)51-20-31-33(52-36(46)23(3)4)34(53-37(47)24(5)6)39(21-40,54-31)32-18-17-29-35(41)42-22-43-45(29)32/h10-18,22-26,31,33-34H,8-9,19-20H2,1-7H3,(H,44,49)(H2,41,42,43)/t25-,31+,33+,34+,39-,56?/m0/s1. The van der Waals surface area contributed by atoms with E-state index in [9.17, 15) is 24.2 Å². The van der Waals surface area contributed by atoms with Gasteiger partial charge in [0.1, 0.15) is 35.8 Å². The van der Waals surface area contributed by atoms with Crippen molar-refractivity contribution in [1.29, 1.82) is 5.26 Å². The zero-order valence-electron chi connectivity index (χ0n) is 32.5. The van der Waals surface area contributed by atoms with E-state index in [-0.39, 0.29) is 29.8 Å². The number of nitrogen functional groups attached to an aromatic ring is 1. The number of aromatic nitrogens is 3. The fourth-order valence-electron chi connectivity index (χ4n) is 6.14. The molecule has 0 bridgehead atoms. The van der Waals surface area contributed by atoms with Crippen molar-refractivity contribution in [3.05, 3.63) is 66.6 Å². The summed E-state index contributed by atoms with van der Waals surface area (Å²) in [6, 6.07) is 16.4. The summed E-state index contributed by atoms with van der Waals surface area (Å²) >= 11 is 0. The normalized spacial score (nSPS) is 21.2. The number of nitriles is 1. The predicted molar refractivity (Wildman–Crippen MR) is 205 cm³/mol. The van der Waals surface area contributed by atoms with Gasteiger partial charge in [-0.2, -0.15) is 15.4 Å². The maximum Gasteiger partial charge on any atom is 0.459 e. The van der Waals surface area contributed by atoms with Crippen LogP contribution in [0.1, 0.15) is 67.0 Å². The zero-order valence-corrected chi connectivity index (χ0v) is 33.4. The van der Waals surface area contributed by atoms with E-state index in [1.807, 2.05) is 32.0 Å². The molecule has 0 spiro atoms. The quantitative estimate of drug-likeness (QED) is 0.0725. The van der Waals surface area contributed by atoms with Crippen molar-refractivity contribution in [2.24, 2.45) is 17.8 Å². The number of nitrogens with zero attached hydrogens (tertiary/aromatic N) is 4. The molecule has 2 aromatic carbocycles. The van der Waals surface area contributed by atoms with E-state index in [0.29, 0.717) is 10.9 Å². The molecule has 300 valence electrons. The molecule has 5 rings (SSSR count). The molecule has 3 N–H and O–H groups in total. The number of nitrogens with one attached hydrogen (secondary N) is 1. The maximum absolute atomic E-state index is 14.9. The number of fused-ring (bicyclic) bond motifs is 2. The highest BCUT2D eigenvalue weighted by Gasteiger charge is 2.63. The Hall–Kier alpha value is -5.07. The molecular weight excluding hydrogens is 743 g/mol. The van der Waals surface area contributed by atoms with Gasteiger partial charge in [-0.3, -0.25) is 18.9 Å². The second kappa shape index (κ2) is 17.8. The van der Waals surface area contributed by atoms with Crippen LogP contribution in [0.3, 0.4) is 0 Å². The van der Waals surface area contributed by atoms with E-state index in [2.05, 4.69) is 21.2 Å². The van der Waals surface area contributed by atoms with Crippen molar-refractivity contribution in [3.8, 4) is 11.8 Å². The van der Waals surface area contributed by atoms with Gasteiger partial charge in [0.2, 0.25) is 5.60 Å². The summed E-state index contributed by atoms with van der Waals surface area (Å²) in [6.45, 7) is 11.4. The molecule has 1 aliphatic rings. The Kier molecular flexibility index (Phi) is 13.4. The van der Waals surface area contributed by atoms with Gasteiger partial charge in [0.05, 0.1) is 30.7 Å². The number of anilines is 1. The summed E-state index contributed by atoms with van der Waals surface area (Å²) in [5, 5.41) is 19.3. The Bertz CT molecular complexity index is 2130. The van der Waals surface area contributed by atoms with E-state index in [1.165, 1.54) is 23.8 Å². The third kappa shape index (κ3) is 8.97. The molecule has 6 atom stereocenters. The molecular formula is C39H49N6O10P. The summed E-state index contributed by atoms with van der Waals surface area (Å²) in [7, 11) is -4.57. The number of ether oxygens (including phenoxy) is 4. The van der Waals surface area contributed by atoms with Crippen molar-refractivity contribution in [1.82, 2.24) is 19.7 Å². The Labute approximate surface area is 325 Å². The van der Waals surface area contributed by atoms with E-state index < -0.39 is 74.1 Å². The van der Waals surface area contributed by atoms with Crippen LogP contribution < -0.4 is 15.3 Å². The smallest absolute Gasteiger partial charge is 0.459 e. The van der Waals surface area contributed by atoms with Gasteiger partial charge >= 0.3 is 25.7 Å². The highest BCUT2D eigenvalue weighted by Crippen LogP contribution is 2.49. The lowest BCUT2D eigenvalue weighted by Crippen LogP contribution is -2.47. The number of carbonyl (C=O) groups is 3. The Morgan fingerprint density at radius 3 is 2.34 bits per heavy atom. The molecule has 4 aromatic rings. The monoisotopic (exact) mass is 792 g/mol. The van der Waals surface area contributed by atoms with E-state index in [4.69, 9.17) is 33.7 Å². The Morgan fingerprint density at radius 1 is 0.982 bits per heavy atom. The molecule has 1 saturated heterocycles. The lowest BCUT2D eigenvalue weighted by molar-refractivity contribution is -0.173. The first kappa shape index (κ1) is 42.1. The third-order valence-electron chi connectivity index (χ3n) is 9.57. The van der Waals surface area contributed by atoms with Crippen molar-refractivity contribution < 1.29 is 46.9 Å². The zero-order chi connectivity index (χ0) is 40.8. The second-order valence-corrected chi connectivity index (χ2v) is 16.0. The van der Waals surface area contributed by atoms with Crippen LogP contribution in [0.4, 0.5) is 5.82 Å². The highest BCUT2D eigenvalue weighted by molar-refractivity contribution is 7.52. The number of carbonyl (C=O) groups excluding carboxylic acids is 3. The largest absolute Gasteiger partial charge is 0.464 e. The molecule has 16 nitrogen and oxygen atoms in total. The van der Waals surface area contributed by atoms with Gasteiger partial charge in [-0.05, 0) is 36.4 Å². The Morgan fingerprint density at radius 2 is 1.66 bits per heavy atom. The summed E-state index contributed by atoms with van der Waals surface area (Å²) in [5.74, 6) is -2.98. The fraction of sp³-hybridized carbons (Fsp3) is 0.487. The number of nitrogens with two attached hydrogens (primary N) is 1. The molecule has 0 saturated carbocycles. The number of rotatable bonds is 17. The summed E-state index contributed by atoms with van der Waals surface area (Å²) in [4.78, 5) is 43.8. The van der Waals surface area contributed by atoms with Crippen LogP contribution in [0.5, 0.6) is 5.75 Å². The molecule has 2 aromatic heterocycles.